The Morgan fingerprint density at radius 3 is 2.38 bits per heavy atom. The lowest BCUT2D eigenvalue weighted by Gasteiger charge is -2.10. The molecule has 0 saturated heterocycles. The highest BCUT2D eigenvalue weighted by Crippen LogP contribution is 2.29. The van der Waals surface area contributed by atoms with Crippen molar-refractivity contribution in [1.29, 1.82) is 0 Å². The van der Waals surface area contributed by atoms with Crippen LogP contribution in [0.3, 0.4) is 0 Å². The number of ether oxygens (including phenoxy) is 2. The molecule has 0 fully saturated rings. The van der Waals surface area contributed by atoms with E-state index in [4.69, 9.17) is 44.3 Å². The normalized spacial score (nSPS) is 10.4. The molecule has 0 heterocycles. The summed E-state index contributed by atoms with van der Waals surface area (Å²) >= 11 is 17.3. The van der Waals surface area contributed by atoms with Crippen LogP contribution < -0.4 is 9.47 Å². The minimum absolute atomic E-state index is 0.171. The van der Waals surface area contributed by atoms with Gasteiger partial charge in [0.1, 0.15) is 22.6 Å². The van der Waals surface area contributed by atoms with Gasteiger partial charge in [0, 0.05) is 6.07 Å². The lowest BCUT2D eigenvalue weighted by atomic mass is 10.1. The molecule has 0 atom stereocenters. The zero-order valence-corrected chi connectivity index (χ0v) is 16.9. The molecule has 2 aromatic rings. The minimum atomic E-state index is 0.171. The third-order valence-corrected chi connectivity index (χ3v) is 4.46. The third kappa shape index (κ3) is 8.35. The fourth-order valence-electron chi connectivity index (χ4n) is 2.50. The molecule has 0 aliphatic carbocycles. The van der Waals surface area contributed by atoms with Gasteiger partial charge in [-0.3, -0.25) is 0 Å². The third-order valence-electron chi connectivity index (χ3n) is 3.85. The van der Waals surface area contributed by atoms with Crippen molar-refractivity contribution in [3.05, 3.63) is 69.7 Å². The van der Waals surface area contributed by atoms with E-state index in [0.717, 1.165) is 25.0 Å². The largest absolute Gasteiger partial charge is 0.494 e. The summed E-state index contributed by atoms with van der Waals surface area (Å²) in [5.41, 5.74) is 1.41. The molecule has 0 aromatic heterocycles. The molecular weight excluding hydrogens is 391 g/mol. The van der Waals surface area contributed by atoms with Crippen molar-refractivity contribution in [1.82, 2.24) is 0 Å². The van der Waals surface area contributed by atoms with Gasteiger partial charge in [-0.15, -0.1) is 0 Å². The zero-order valence-electron chi connectivity index (χ0n) is 14.6. The van der Waals surface area contributed by atoms with Crippen LogP contribution in [0.25, 0.3) is 0 Å². The fraction of sp³-hybridized carbons (Fsp3) is 0.333. The van der Waals surface area contributed by atoms with Gasteiger partial charge in [-0.1, -0.05) is 78.0 Å². The highest BCUT2D eigenvalue weighted by atomic mass is 35.5. The molecule has 2 aromatic carbocycles. The fourth-order valence-corrected chi connectivity index (χ4v) is 2.85. The lowest BCUT2D eigenvalue weighted by Crippen LogP contribution is -1.99. The van der Waals surface area contributed by atoms with Gasteiger partial charge in [-0.25, -0.2) is 0 Å². The summed E-state index contributed by atoms with van der Waals surface area (Å²) in [7, 11) is 0. The molecule has 26 heavy (non-hydrogen) atoms. The predicted molar refractivity (Wildman–Crippen MR) is 111 cm³/mol. The maximum Gasteiger partial charge on any atom is 0.138 e. The minimum Gasteiger partial charge on any atom is -0.494 e. The number of unbranched alkanes of at least 4 members (excludes halogenated alkanes) is 3. The van der Waals surface area contributed by atoms with Crippen LogP contribution >= 0.6 is 34.8 Å². The van der Waals surface area contributed by atoms with E-state index in [1.165, 1.54) is 18.4 Å². The van der Waals surface area contributed by atoms with Crippen LogP contribution in [0.5, 0.6) is 11.5 Å². The molecule has 0 radical (unpaired) electrons. The summed E-state index contributed by atoms with van der Waals surface area (Å²) in [5, 5.41) is 0.504. The monoisotopic (exact) mass is 412 g/mol. The van der Waals surface area contributed by atoms with Gasteiger partial charge < -0.3 is 9.47 Å². The highest BCUT2D eigenvalue weighted by Gasteiger charge is 2.04. The average Bonchev–Trinajstić information content (AvgIpc) is 2.63. The van der Waals surface area contributed by atoms with Gasteiger partial charge in [0.25, 0.3) is 0 Å². The van der Waals surface area contributed by atoms with E-state index in [1.807, 2.05) is 6.07 Å². The van der Waals surface area contributed by atoms with Crippen molar-refractivity contribution in [3.8, 4) is 11.5 Å². The van der Waals surface area contributed by atoms with Gasteiger partial charge in [0.05, 0.1) is 11.6 Å². The van der Waals surface area contributed by atoms with E-state index in [9.17, 15) is 0 Å². The van der Waals surface area contributed by atoms with Gasteiger partial charge in [0.2, 0.25) is 0 Å². The maximum atomic E-state index is 6.19. The Balaban J connectivity index is 1.60. The Bertz CT molecular complexity index is 683. The Labute approximate surface area is 170 Å². The molecule has 2 nitrogen and oxygen atoms in total. The van der Waals surface area contributed by atoms with Crippen LogP contribution in [0.15, 0.2) is 59.1 Å². The first kappa shape index (κ1) is 21.0. The average molecular weight is 414 g/mol. The first-order valence-corrected chi connectivity index (χ1v) is 9.89. The van der Waals surface area contributed by atoms with Gasteiger partial charge in [-0.05, 0) is 43.0 Å². The van der Waals surface area contributed by atoms with Crippen LogP contribution in [0.1, 0.15) is 31.2 Å². The first-order chi connectivity index (χ1) is 12.6. The van der Waals surface area contributed by atoms with Crippen molar-refractivity contribution in [2.75, 3.05) is 13.2 Å². The second kappa shape index (κ2) is 12.1. The Hall–Kier alpha value is -1.35. The van der Waals surface area contributed by atoms with E-state index < -0.39 is 0 Å². The summed E-state index contributed by atoms with van der Waals surface area (Å²) in [4.78, 5) is 0. The van der Waals surface area contributed by atoms with Gasteiger partial charge in [0.15, 0.2) is 0 Å². The summed E-state index contributed by atoms with van der Waals surface area (Å²) < 4.78 is 11.4. The van der Waals surface area contributed by atoms with E-state index in [1.54, 1.807) is 18.2 Å². The summed E-state index contributed by atoms with van der Waals surface area (Å²) in [5.74, 6) is 1.32. The summed E-state index contributed by atoms with van der Waals surface area (Å²) in [6.45, 7) is 0.956. The molecule has 0 aliphatic heterocycles. The second-order valence-electron chi connectivity index (χ2n) is 5.90. The van der Waals surface area contributed by atoms with Crippen LogP contribution in [0.2, 0.25) is 5.02 Å². The highest BCUT2D eigenvalue weighted by molar-refractivity contribution is 6.55. The molecule has 0 N–H and O–H groups in total. The number of aryl methyl sites for hydroxylation is 1. The summed E-state index contributed by atoms with van der Waals surface area (Å²) in [6.07, 6.45) is 7.31. The number of hydrogen-bond donors (Lipinski definition) is 0. The molecule has 0 aliphatic rings. The molecule has 5 heteroatoms. The second-order valence-corrected chi connectivity index (χ2v) is 7.31. The van der Waals surface area contributed by atoms with Crippen molar-refractivity contribution in [2.45, 2.75) is 32.1 Å². The molecule has 0 saturated carbocycles. The van der Waals surface area contributed by atoms with Gasteiger partial charge >= 0.3 is 0 Å². The maximum absolute atomic E-state index is 6.19. The topological polar surface area (TPSA) is 18.5 Å². The van der Waals surface area contributed by atoms with Crippen LogP contribution in [0, 0.1) is 0 Å². The molecule has 0 bridgehead atoms. The number of rotatable bonds is 11. The van der Waals surface area contributed by atoms with E-state index >= 15 is 0 Å². The molecule has 0 amide bonds. The SMILES string of the molecule is ClC(Cl)=CCOc1ccc(OCCCCCCc2ccccc2)cc1Cl. The smallest absolute Gasteiger partial charge is 0.138 e. The van der Waals surface area contributed by atoms with E-state index in [0.29, 0.717) is 17.4 Å². The summed E-state index contributed by atoms with van der Waals surface area (Å²) in [6, 6.07) is 16.0. The molecular formula is C21H23Cl3O2. The quantitative estimate of drug-likeness (QED) is 0.362. The van der Waals surface area contributed by atoms with Crippen molar-refractivity contribution in [2.24, 2.45) is 0 Å². The Morgan fingerprint density at radius 2 is 1.65 bits per heavy atom. The lowest BCUT2D eigenvalue weighted by molar-refractivity contribution is 0.303. The van der Waals surface area contributed by atoms with Crippen LogP contribution in [-0.2, 0) is 6.42 Å². The van der Waals surface area contributed by atoms with Crippen molar-refractivity contribution in [3.63, 3.8) is 0 Å². The van der Waals surface area contributed by atoms with Gasteiger partial charge in [-0.2, -0.15) is 0 Å². The van der Waals surface area contributed by atoms with Crippen LogP contribution in [-0.4, -0.2) is 13.2 Å². The zero-order chi connectivity index (χ0) is 18.6. The van der Waals surface area contributed by atoms with Crippen molar-refractivity contribution >= 4 is 34.8 Å². The van der Waals surface area contributed by atoms with E-state index in [-0.39, 0.29) is 11.1 Å². The molecule has 0 spiro atoms. The molecule has 0 unspecified atom stereocenters. The number of halogens is 3. The van der Waals surface area contributed by atoms with Crippen molar-refractivity contribution < 1.29 is 9.47 Å². The Morgan fingerprint density at radius 1 is 0.885 bits per heavy atom. The first-order valence-electron chi connectivity index (χ1n) is 8.75. The predicted octanol–water partition coefficient (Wildman–Crippen LogP) is 7.22. The number of hydrogen-bond acceptors (Lipinski definition) is 2. The Kier molecular flexibility index (Phi) is 9.76. The molecule has 2 rings (SSSR count). The number of benzene rings is 2. The van der Waals surface area contributed by atoms with E-state index in [2.05, 4.69) is 30.3 Å². The molecule has 140 valence electrons. The van der Waals surface area contributed by atoms with Crippen LogP contribution in [0.4, 0.5) is 0 Å². The standard InChI is InChI=1S/C21H23Cl3O2/c22-19-16-18(11-12-20(19)26-15-13-21(23)24)25-14-7-2-1-4-8-17-9-5-3-6-10-17/h3,5-6,9-13,16H,1-2,4,7-8,14-15H2.